The smallest absolute Gasteiger partial charge is 0.457 e. The van der Waals surface area contributed by atoms with Crippen molar-refractivity contribution in [3.63, 3.8) is 0 Å². The quantitative estimate of drug-likeness (QED) is 0.475. The molecule has 2 aromatic rings. The first kappa shape index (κ1) is 24.2. The molecule has 1 unspecified atom stereocenters. The highest BCUT2D eigenvalue weighted by Crippen LogP contribution is 2.59. The second-order valence-corrected chi connectivity index (χ2v) is 7.16. The molecule has 11 heteroatoms. The topological polar surface area (TPSA) is 20.2 Å². The Bertz CT molecular complexity index is 950. The van der Waals surface area contributed by atoms with Crippen LogP contribution in [0.25, 0.3) is 0 Å². The van der Waals surface area contributed by atoms with Crippen molar-refractivity contribution in [3.8, 4) is 5.75 Å². The molecule has 0 spiro atoms. The molecular formula is C19H14ClF9O. The van der Waals surface area contributed by atoms with Gasteiger partial charge >= 0.3 is 23.9 Å². The molecule has 2 rings (SSSR count). The molecule has 0 fully saturated rings. The van der Waals surface area contributed by atoms with E-state index in [1.54, 1.807) is 0 Å². The lowest BCUT2D eigenvalue weighted by Gasteiger charge is -2.38. The molecule has 1 N–H and O–H groups in total. The van der Waals surface area contributed by atoms with Gasteiger partial charge in [-0.05, 0) is 60.7 Å². The molecule has 0 amide bonds. The van der Waals surface area contributed by atoms with Crippen molar-refractivity contribution in [1.82, 2.24) is 0 Å². The molecule has 0 aliphatic carbocycles. The molecule has 0 radical (unpaired) electrons. The van der Waals surface area contributed by atoms with Gasteiger partial charge in [-0.3, -0.25) is 0 Å². The van der Waals surface area contributed by atoms with Crippen LogP contribution in [0.5, 0.6) is 5.75 Å². The molecule has 30 heavy (non-hydrogen) atoms. The Balaban J connectivity index is 2.92. The lowest BCUT2D eigenvalue weighted by Crippen LogP contribution is -2.60. The minimum Gasteiger partial charge on any atom is -0.507 e. The van der Waals surface area contributed by atoms with E-state index < -0.39 is 58.4 Å². The Morgan fingerprint density at radius 2 is 1.43 bits per heavy atom. The highest BCUT2D eigenvalue weighted by atomic mass is 35.5. The number of aryl methyl sites for hydroxylation is 1. The van der Waals surface area contributed by atoms with Crippen LogP contribution in [0.1, 0.15) is 27.8 Å². The zero-order valence-corrected chi connectivity index (χ0v) is 16.1. The summed E-state index contributed by atoms with van der Waals surface area (Å²) in [6.07, 6.45) is -14.2. The maximum absolute atomic E-state index is 15.1. The van der Waals surface area contributed by atoms with Crippen molar-refractivity contribution in [2.45, 2.75) is 44.2 Å². The van der Waals surface area contributed by atoms with Gasteiger partial charge in [-0.25, -0.2) is 4.39 Å². The minimum atomic E-state index is -6.84. The minimum absolute atomic E-state index is 0.103. The SMILES string of the molecule is Cc1cc(C(F)(C(F)(F)F)C(F)(F)C(F)(F)F)c(Cc2cccc(Cl)c2)c(C)c1O. The van der Waals surface area contributed by atoms with Gasteiger partial charge in [-0.1, -0.05) is 23.7 Å². The lowest BCUT2D eigenvalue weighted by atomic mass is 9.80. The number of halogens is 10. The lowest BCUT2D eigenvalue weighted by molar-refractivity contribution is -0.389. The Morgan fingerprint density at radius 3 is 1.90 bits per heavy atom. The summed E-state index contributed by atoms with van der Waals surface area (Å²) < 4.78 is 122. The highest BCUT2D eigenvalue weighted by molar-refractivity contribution is 6.30. The first-order valence-corrected chi connectivity index (χ1v) is 8.60. The highest BCUT2D eigenvalue weighted by Gasteiger charge is 2.82. The summed E-state index contributed by atoms with van der Waals surface area (Å²) in [6.45, 7) is 1.95. The predicted molar refractivity (Wildman–Crippen MR) is 91.7 cm³/mol. The number of aromatic hydroxyl groups is 1. The van der Waals surface area contributed by atoms with E-state index in [0.717, 1.165) is 13.8 Å². The summed E-state index contributed by atoms with van der Waals surface area (Å²) in [6, 6.07) is 5.43. The van der Waals surface area contributed by atoms with Crippen LogP contribution in [0.15, 0.2) is 30.3 Å². The van der Waals surface area contributed by atoms with E-state index in [1.165, 1.54) is 24.3 Å². The molecule has 0 aliphatic heterocycles. The van der Waals surface area contributed by atoms with E-state index in [9.17, 15) is 40.2 Å². The maximum atomic E-state index is 15.1. The van der Waals surface area contributed by atoms with Gasteiger partial charge in [0.1, 0.15) is 5.75 Å². The third-order valence-electron chi connectivity index (χ3n) is 4.69. The van der Waals surface area contributed by atoms with Crippen LogP contribution in [0.3, 0.4) is 0 Å². The van der Waals surface area contributed by atoms with Gasteiger partial charge in [0.05, 0.1) is 0 Å². The summed E-state index contributed by atoms with van der Waals surface area (Å²) >= 11 is 5.77. The zero-order valence-electron chi connectivity index (χ0n) is 15.3. The molecule has 0 aliphatic rings. The van der Waals surface area contributed by atoms with E-state index in [2.05, 4.69) is 0 Å². The average Bonchev–Trinajstić information content (AvgIpc) is 2.59. The van der Waals surface area contributed by atoms with Gasteiger partial charge in [-0.2, -0.15) is 35.1 Å². The average molecular weight is 465 g/mol. The Kier molecular flexibility index (Phi) is 6.08. The number of hydrogen-bond donors (Lipinski definition) is 1. The number of alkyl halides is 9. The number of rotatable bonds is 4. The van der Waals surface area contributed by atoms with Crippen LogP contribution >= 0.6 is 11.6 Å². The molecule has 0 aromatic heterocycles. The van der Waals surface area contributed by atoms with Gasteiger partial charge in [0.15, 0.2) is 0 Å². The predicted octanol–water partition coefficient (Wildman–Crippen LogP) is 7.18. The molecule has 1 atom stereocenters. The fraction of sp³-hybridized carbons (Fsp3) is 0.368. The third-order valence-corrected chi connectivity index (χ3v) is 4.92. The number of benzene rings is 2. The Hall–Kier alpha value is -2.10. The van der Waals surface area contributed by atoms with Crippen molar-refractivity contribution in [2.24, 2.45) is 0 Å². The molecule has 0 saturated heterocycles. The molecule has 0 bridgehead atoms. The summed E-state index contributed by atoms with van der Waals surface area (Å²) in [4.78, 5) is 0. The van der Waals surface area contributed by atoms with Crippen molar-refractivity contribution in [3.05, 3.63) is 63.2 Å². The fourth-order valence-corrected chi connectivity index (χ4v) is 3.31. The van der Waals surface area contributed by atoms with Crippen LogP contribution in [-0.4, -0.2) is 23.4 Å². The van der Waals surface area contributed by atoms with E-state index >= 15 is 4.39 Å². The third kappa shape index (κ3) is 3.81. The van der Waals surface area contributed by atoms with Crippen LogP contribution in [0.2, 0.25) is 5.02 Å². The van der Waals surface area contributed by atoms with E-state index in [0.29, 0.717) is 0 Å². The first-order valence-electron chi connectivity index (χ1n) is 8.22. The molecule has 166 valence electrons. The summed E-state index contributed by atoms with van der Waals surface area (Å²) in [5, 5.41) is 10.1. The van der Waals surface area contributed by atoms with Crippen molar-refractivity contribution in [1.29, 1.82) is 0 Å². The second-order valence-electron chi connectivity index (χ2n) is 6.73. The van der Waals surface area contributed by atoms with Gasteiger partial charge in [0, 0.05) is 10.6 Å². The van der Waals surface area contributed by atoms with Crippen LogP contribution in [0, 0.1) is 13.8 Å². The van der Waals surface area contributed by atoms with Crippen LogP contribution < -0.4 is 0 Å². The first-order chi connectivity index (χ1) is 13.4. The van der Waals surface area contributed by atoms with Gasteiger partial charge in [-0.15, -0.1) is 0 Å². The van der Waals surface area contributed by atoms with Crippen molar-refractivity contribution >= 4 is 11.6 Å². The number of phenolic OH excluding ortho intramolecular Hbond substituents is 1. The summed E-state index contributed by atoms with van der Waals surface area (Å²) in [5.74, 6) is -7.47. The van der Waals surface area contributed by atoms with Gasteiger partial charge in [0.25, 0.3) is 0 Å². The van der Waals surface area contributed by atoms with E-state index in [4.69, 9.17) is 11.6 Å². The zero-order chi connectivity index (χ0) is 23.3. The van der Waals surface area contributed by atoms with Crippen LogP contribution in [-0.2, 0) is 12.1 Å². The van der Waals surface area contributed by atoms with Crippen molar-refractivity contribution < 1.29 is 44.6 Å². The second kappa shape index (κ2) is 7.55. The van der Waals surface area contributed by atoms with Gasteiger partial charge < -0.3 is 5.11 Å². The number of hydrogen-bond acceptors (Lipinski definition) is 1. The normalized spacial score (nSPS) is 15.2. The van der Waals surface area contributed by atoms with Gasteiger partial charge in [0.2, 0.25) is 0 Å². The Morgan fingerprint density at radius 1 is 0.867 bits per heavy atom. The largest absolute Gasteiger partial charge is 0.507 e. The standard InChI is InChI=1S/C19H14ClF9O/c1-9-6-14(16(21,18(24,25)26)17(22,23)19(27,28)29)13(10(2)15(9)30)8-11-4-3-5-12(20)7-11/h3-7,30H,8H2,1-2H3. The molecule has 0 saturated carbocycles. The molecular weight excluding hydrogens is 451 g/mol. The summed E-state index contributed by atoms with van der Waals surface area (Å²) in [5.41, 5.74) is -9.74. The van der Waals surface area contributed by atoms with Crippen molar-refractivity contribution in [2.75, 3.05) is 0 Å². The molecule has 1 nitrogen and oxygen atoms in total. The van der Waals surface area contributed by atoms with E-state index in [-0.39, 0.29) is 16.7 Å². The molecule has 0 heterocycles. The Labute approximate surface area is 170 Å². The summed E-state index contributed by atoms with van der Waals surface area (Å²) in [7, 11) is 0. The monoisotopic (exact) mass is 464 g/mol. The van der Waals surface area contributed by atoms with E-state index in [1.807, 2.05) is 0 Å². The number of phenols is 1. The maximum Gasteiger partial charge on any atom is 0.457 e. The molecule has 2 aromatic carbocycles. The van der Waals surface area contributed by atoms with Crippen LogP contribution in [0.4, 0.5) is 39.5 Å². The fourth-order valence-electron chi connectivity index (χ4n) is 3.09.